The first-order valence-electron chi connectivity index (χ1n) is 16.6. The van der Waals surface area contributed by atoms with Crippen LogP contribution in [0.5, 0.6) is 0 Å². The van der Waals surface area contributed by atoms with Crippen LogP contribution >= 0.6 is 0 Å². The fraction of sp³-hybridized carbons (Fsp3) is 0.943. The minimum atomic E-state index is -0.504. The van der Waals surface area contributed by atoms with Crippen LogP contribution in [0.1, 0.15) is 112 Å². The van der Waals surface area contributed by atoms with Crippen molar-refractivity contribution < 1.29 is 9.59 Å². The van der Waals surface area contributed by atoms with Crippen molar-refractivity contribution in [3.05, 3.63) is 11.6 Å². The van der Waals surface area contributed by atoms with Crippen molar-refractivity contribution in [3.8, 4) is 0 Å². The van der Waals surface area contributed by atoms with Gasteiger partial charge in [-0.25, -0.2) is 0 Å². The lowest BCUT2D eigenvalue weighted by molar-refractivity contribution is -0.869. The zero-order valence-electron chi connectivity index (χ0n) is 27.0. The molecule has 0 aromatic carbocycles. The molecule has 0 bridgehead atoms. The summed E-state index contributed by atoms with van der Waals surface area (Å²) in [5.41, 5.74) is 2.01. The van der Waals surface area contributed by atoms with Gasteiger partial charge in [-0.1, -0.05) is 65.5 Å². The van der Waals surface area contributed by atoms with Crippen LogP contribution in [0.25, 0.3) is 0 Å². The average Bonchev–Trinajstić information content (AvgIpc) is 3.19. The Morgan fingerprint density at radius 3 is 2.39 bits per heavy atom. The van der Waals surface area contributed by atoms with E-state index in [1.807, 2.05) is 0 Å². The van der Waals surface area contributed by atoms with Gasteiger partial charge in [0.25, 0.3) is 0 Å². The van der Waals surface area contributed by atoms with Crippen molar-refractivity contribution >= 4 is 0 Å². The Morgan fingerprint density at radius 1 is 0.974 bits per heavy atom. The number of nitrogens with zero attached hydrogens (tertiary/aromatic N) is 2. The van der Waals surface area contributed by atoms with Gasteiger partial charge in [0.1, 0.15) is 0 Å². The van der Waals surface area contributed by atoms with Gasteiger partial charge in [-0.05, 0) is 111 Å². The zero-order valence-corrected chi connectivity index (χ0v) is 27.0. The standard InChI is InChI=1S/C35H65N2O/c1-26(2)11-10-12-27(3)30-15-16-31-29-14-13-28-25-35(38,21-22-36(6)23-24-37(7,8)9)20-19-33(28,4)32(29)17-18-34(30,31)5/h13,26-27,29-32,38H,10-12,14-25H2,1-9H3/q+1/t27-,29+,30-,31+,32+,33+,34-,35-/m1/s1. The number of likely N-dealkylation sites (N-methyl/N-ethyl adjacent to an activating group) is 2. The molecule has 3 nitrogen and oxygen atoms in total. The van der Waals surface area contributed by atoms with Crippen LogP contribution in [0.4, 0.5) is 0 Å². The summed E-state index contributed by atoms with van der Waals surface area (Å²) in [6, 6.07) is 0. The van der Waals surface area contributed by atoms with E-state index < -0.39 is 5.60 Å². The molecule has 220 valence electrons. The van der Waals surface area contributed by atoms with E-state index in [4.69, 9.17) is 0 Å². The molecule has 0 unspecified atom stereocenters. The molecule has 0 aliphatic heterocycles. The van der Waals surface area contributed by atoms with Gasteiger partial charge < -0.3 is 14.5 Å². The highest BCUT2D eigenvalue weighted by atomic mass is 16.3. The number of rotatable bonds is 11. The van der Waals surface area contributed by atoms with Crippen LogP contribution in [0, 0.1) is 46.3 Å². The molecule has 0 saturated heterocycles. The van der Waals surface area contributed by atoms with Crippen molar-refractivity contribution in [2.24, 2.45) is 46.3 Å². The molecule has 0 spiro atoms. The molecule has 3 saturated carbocycles. The first kappa shape index (κ1) is 30.6. The Kier molecular flexibility index (Phi) is 9.24. The summed E-state index contributed by atoms with van der Waals surface area (Å²) >= 11 is 0. The highest BCUT2D eigenvalue weighted by Crippen LogP contribution is 2.67. The third-order valence-electron chi connectivity index (χ3n) is 12.6. The van der Waals surface area contributed by atoms with Gasteiger partial charge in [-0.15, -0.1) is 0 Å². The van der Waals surface area contributed by atoms with E-state index in [1.54, 1.807) is 5.57 Å². The number of aliphatic hydroxyl groups is 1. The minimum Gasteiger partial charge on any atom is -0.390 e. The smallest absolute Gasteiger partial charge is 0.0909 e. The molecule has 0 aromatic rings. The largest absolute Gasteiger partial charge is 0.390 e. The lowest BCUT2D eigenvalue weighted by Crippen LogP contribution is -2.52. The van der Waals surface area contributed by atoms with Gasteiger partial charge in [-0.3, -0.25) is 0 Å². The number of fused-ring (bicyclic) bond motifs is 5. The van der Waals surface area contributed by atoms with E-state index in [1.165, 1.54) is 57.8 Å². The molecule has 0 heterocycles. The third-order valence-corrected chi connectivity index (χ3v) is 12.6. The van der Waals surface area contributed by atoms with Crippen LogP contribution in [-0.2, 0) is 0 Å². The van der Waals surface area contributed by atoms with Crippen molar-refractivity contribution in [1.29, 1.82) is 0 Å². The van der Waals surface area contributed by atoms with Gasteiger partial charge in [0.2, 0.25) is 0 Å². The Labute approximate surface area is 237 Å². The van der Waals surface area contributed by atoms with Crippen LogP contribution in [0.15, 0.2) is 11.6 Å². The summed E-state index contributed by atoms with van der Waals surface area (Å²) in [7, 11) is 9.02. The van der Waals surface area contributed by atoms with Crippen molar-refractivity contribution in [1.82, 2.24) is 4.90 Å². The van der Waals surface area contributed by atoms with Crippen molar-refractivity contribution in [3.63, 3.8) is 0 Å². The molecule has 4 aliphatic rings. The second kappa shape index (κ2) is 11.5. The van der Waals surface area contributed by atoms with E-state index in [0.29, 0.717) is 10.8 Å². The Bertz CT molecular complexity index is 828. The lowest BCUT2D eigenvalue weighted by Gasteiger charge is -2.59. The summed E-state index contributed by atoms with van der Waals surface area (Å²) < 4.78 is 1.00. The highest BCUT2D eigenvalue weighted by Gasteiger charge is 2.59. The second-order valence-electron chi connectivity index (χ2n) is 16.8. The molecular weight excluding hydrogens is 464 g/mol. The Morgan fingerprint density at radius 2 is 1.71 bits per heavy atom. The topological polar surface area (TPSA) is 23.5 Å². The van der Waals surface area contributed by atoms with Crippen LogP contribution < -0.4 is 0 Å². The van der Waals surface area contributed by atoms with Gasteiger partial charge >= 0.3 is 0 Å². The monoisotopic (exact) mass is 530 g/mol. The maximum atomic E-state index is 11.7. The first-order chi connectivity index (χ1) is 17.7. The molecule has 0 radical (unpaired) electrons. The fourth-order valence-corrected chi connectivity index (χ4v) is 9.93. The molecule has 4 rings (SSSR count). The first-order valence-corrected chi connectivity index (χ1v) is 16.6. The lowest BCUT2D eigenvalue weighted by atomic mass is 9.46. The molecule has 1 N–H and O–H groups in total. The van der Waals surface area contributed by atoms with Gasteiger partial charge in [0.05, 0.1) is 33.3 Å². The summed E-state index contributed by atoms with van der Waals surface area (Å²) in [4.78, 5) is 2.43. The van der Waals surface area contributed by atoms with E-state index in [-0.39, 0.29) is 0 Å². The van der Waals surface area contributed by atoms with Gasteiger partial charge in [-0.2, -0.15) is 0 Å². The number of hydrogen-bond donors (Lipinski definition) is 1. The second-order valence-corrected chi connectivity index (χ2v) is 16.8. The molecule has 0 aromatic heterocycles. The maximum Gasteiger partial charge on any atom is 0.0909 e. The van der Waals surface area contributed by atoms with Crippen LogP contribution in [0.3, 0.4) is 0 Å². The van der Waals surface area contributed by atoms with E-state index >= 15 is 0 Å². The molecule has 3 fully saturated rings. The van der Waals surface area contributed by atoms with Crippen molar-refractivity contribution in [2.45, 2.75) is 117 Å². The third kappa shape index (κ3) is 6.41. The summed E-state index contributed by atoms with van der Waals surface area (Å²) in [5, 5.41) is 11.7. The van der Waals surface area contributed by atoms with E-state index in [9.17, 15) is 5.11 Å². The highest BCUT2D eigenvalue weighted by molar-refractivity contribution is 5.27. The predicted octanol–water partition coefficient (Wildman–Crippen LogP) is 7.79. The number of quaternary nitrogens is 1. The molecule has 8 atom stereocenters. The summed E-state index contributed by atoms with van der Waals surface area (Å²) in [6.45, 7) is 15.9. The van der Waals surface area contributed by atoms with Crippen molar-refractivity contribution in [2.75, 3.05) is 47.8 Å². The van der Waals surface area contributed by atoms with Gasteiger partial charge in [0.15, 0.2) is 0 Å². The SMILES string of the molecule is CC(C)CCC[C@@H](C)[C@H]1CC[C@H]2[C@@H]3CC=C4C[C@](O)(CCN(C)CC[N+](C)(C)C)CC[C@]4(C)[C@H]3CC[C@]12C. The maximum absolute atomic E-state index is 11.7. The van der Waals surface area contributed by atoms with E-state index in [2.05, 4.69) is 73.8 Å². The van der Waals surface area contributed by atoms with Crippen LogP contribution in [-0.4, -0.2) is 67.9 Å². The fourth-order valence-electron chi connectivity index (χ4n) is 9.93. The minimum absolute atomic E-state index is 0.326. The quantitative estimate of drug-likeness (QED) is 0.218. The normalized spacial score (nSPS) is 40.1. The molecule has 0 amide bonds. The average molecular weight is 530 g/mol. The molecule has 38 heavy (non-hydrogen) atoms. The van der Waals surface area contributed by atoms with E-state index in [0.717, 1.165) is 78.9 Å². The Balaban J connectivity index is 1.39. The Hall–Kier alpha value is -0.380. The molecule has 3 heteroatoms. The number of allylic oxidation sites excluding steroid dienone is 1. The molecular formula is C35H65N2O+. The molecule has 4 aliphatic carbocycles. The zero-order chi connectivity index (χ0) is 27.9. The summed E-state index contributed by atoms with van der Waals surface area (Å²) in [5.74, 6) is 5.30. The van der Waals surface area contributed by atoms with Crippen LogP contribution in [0.2, 0.25) is 0 Å². The summed E-state index contributed by atoms with van der Waals surface area (Å²) in [6.07, 6.45) is 18.0. The van der Waals surface area contributed by atoms with Gasteiger partial charge in [0, 0.05) is 13.1 Å². The number of hydrogen-bond acceptors (Lipinski definition) is 2. The predicted molar refractivity (Wildman–Crippen MR) is 163 cm³/mol.